The van der Waals surface area contributed by atoms with Crippen LogP contribution < -0.4 is 4.90 Å². The van der Waals surface area contributed by atoms with Gasteiger partial charge in [0, 0.05) is 19.6 Å². The predicted octanol–water partition coefficient (Wildman–Crippen LogP) is 4.78. The molecule has 1 spiro atoms. The summed E-state index contributed by atoms with van der Waals surface area (Å²) >= 11 is 6.59. The first-order chi connectivity index (χ1) is 20.7. The van der Waals surface area contributed by atoms with Crippen LogP contribution in [0.25, 0.3) is 0 Å². The Hall–Kier alpha value is -3.46. The molecule has 3 saturated heterocycles. The smallest absolute Gasteiger partial charge is 0.253 e. The molecular formula is C34H40ClN3O5. The molecule has 6 atom stereocenters. The minimum absolute atomic E-state index is 0.139. The molecule has 8 nitrogen and oxygen atoms in total. The van der Waals surface area contributed by atoms with Crippen LogP contribution in [0.15, 0.2) is 79.9 Å². The maximum absolute atomic E-state index is 14.9. The van der Waals surface area contributed by atoms with Crippen LogP contribution in [0.2, 0.25) is 5.02 Å². The first-order valence-electron chi connectivity index (χ1n) is 14.9. The average molecular weight is 606 g/mol. The van der Waals surface area contributed by atoms with Gasteiger partial charge in [0.1, 0.15) is 11.6 Å². The van der Waals surface area contributed by atoms with Crippen LogP contribution in [0.4, 0.5) is 5.69 Å². The highest BCUT2D eigenvalue weighted by atomic mass is 35.5. The van der Waals surface area contributed by atoms with Crippen molar-refractivity contribution in [2.45, 2.75) is 56.4 Å². The van der Waals surface area contributed by atoms with Gasteiger partial charge in [-0.2, -0.15) is 0 Å². The number of carbonyl (C=O) groups excluding carboxylic acids is 3. The van der Waals surface area contributed by atoms with Crippen molar-refractivity contribution in [1.82, 2.24) is 9.80 Å². The molecule has 2 bridgehead atoms. The zero-order valence-electron chi connectivity index (χ0n) is 24.8. The number of anilines is 1. The number of aliphatic hydroxyl groups excluding tert-OH is 1. The van der Waals surface area contributed by atoms with Crippen molar-refractivity contribution in [2.75, 3.05) is 31.1 Å². The lowest BCUT2D eigenvalue weighted by Crippen LogP contribution is -2.57. The molecule has 228 valence electrons. The number of hydrogen-bond donors (Lipinski definition) is 1. The standard InChI is InChI=1S/C34H40ClN3O5/c1-5-19-36(20-6-2)30(40)27-28-31(41)38(26(22-39)23-13-9-8-10-14-23)29(34(28)18-17-33(27,4)43-34)32(42)37(21-7-3)25-16-12-11-15-24(25)35/h5,7-16,26-29,39H,1,3,6,17-22H2,2,4H3/t26-,27+,28+,29?,33-,34?/m1/s1. The first kappa shape index (κ1) is 31.0. The van der Waals surface area contributed by atoms with Crippen molar-refractivity contribution < 1.29 is 24.2 Å². The van der Waals surface area contributed by atoms with Gasteiger partial charge in [-0.05, 0) is 43.9 Å². The van der Waals surface area contributed by atoms with Gasteiger partial charge in [0.25, 0.3) is 5.91 Å². The third-order valence-corrected chi connectivity index (χ3v) is 9.60. The van der Waals surface area contributed by atoms with Crippen molar-refractivity contribution in [2.24, 2.45) is 11.8 Å². The average Bonchev–Trinajstić information content (AvgIpc) is 3.57. The summed E-state index contributed by atoms with van der Waals surface area (Å²) in [6, 6.07) is 14.2. The Bertz CT molecular complexity index is 1400. The van der Waals surface area contributed by atoms with Crippen molar-refractivity contribution in [3.63, 3.8) is 0 Å². The lowest BCUT2D eigenvalue weighted by molar-refractivity contribution is -0.152. The Morgan fingerprint density at radius 1 is 1.09 bits per heavy atom. The number of para-hydroxylation sites is 1. The second-order valence-corrected chi connectivity index (χ2v) is 12.3. The van der Waals surface area contributed by atoms with Crippen molar-refractivity contribution in [3.05, 3.63) is 90.5 Å². The number of carbonyl (C=O) groups is 3. The lowest BCUT2D eigenvalue weighted by Gasteiger charge is -2.39. The Labute approximate surface area is 258 Å². The number of halogens is 1. The summed E-state index contributed by atoms with van der Waals surface area (Å²) in [6.07, 6.45) is 4.97. The molecule has 0 aromatic heterocycles. The number of likely N-dealkylation sites (tertiary alicyclic amines) is 1. The SMILES string of the molecule is C=CCN(CCC)C(=O)[C@@H]1[C@H]2C(=O)N([C@H](CO)c3ccccc3)C(C(=O)N(CC=C)c3ccccc3Cl)C23CC[C@@]1(C)O3. The summed E-state index contributed by atoms with van der Waals surface area (Å²) in [6.45, 7) is 12.2. The summed E-state index contributed by atoms with van der Waals surface area (Å²) in [5.41, 5.74) is -1.03. The van der Waals surface area contributed by atoms with E-state index in [0.29, 0.717) is 42.2 Å². The van der Waals surface area contributed by atoms with Gasteiger partial charge in [-0.15, -0.1) is 13.2 Å². The molecule has 43 heavy (non-hydrogen) atoms. The summed E-state index contributed by atoms with van der Waals surface area (Å²) in [5, 5.41) is 11.1. The van der Waals surface area contributed by atoms with Gasteiger partial charge in [-0.3, -0.25) is 14.4 Å². The first-order valence-corrected chi connectivity index (χ1v) is 15.3. The molecule has 3 aliphatic rings. The predicted molar refractivity (Wildman–Crippen MR) is 166 cm³/mol. The molecule has 9 heteroatoms. The van der Waals surface area contributed by atoms with Gasteiger partial charge in [0.2, 0.25) is 11.8 Å². The Morgan fingerprint density at radius 3 is 2.40 bits per heavy atom. The molecule has 3 aliphatic heterocycles. The zero-order chi connectivity index (χ0) is 30.9. The van der Waals surface area contributed by atoms with Gasteiger partial charge in [0.15, 0.2) is 0 Å². The topological polar surface area (TPSA) is 90.4 Å². The molecule has 3 heterocycles. The fourth-order valence-corrected chi connectivity index (χ4v) is 7.79. The van der Waals surface area contributed by atoms with Crippen molar-refractivity contribution in [1.29, 1.82) is 0 Å². The van der Waals surface area contributed by atoms with E-state index in [1.165, 1.54) is 9.80 Å². The van der Waals surface area contributed by atoms with Crippen molar-refractivity contribution >= 4 is 35.0 Å². The molecule has 3 fully saturated rings. The van der Waals surface area contributed by atoms with E-state index in [1.807, 2.05) is 44.2 Å². The van der Waals surface area contributed by atoms with E-state index in [0.717, 1.165) is 6.42 Å². The number of nitrogens with zero attached hydrogens (tertiary/aromatic N) is 3. The molecule has 0 radical (unpaired) electrons. The van der Waals surface area contributed by atoms with Crippen LogP contribution in [0.5, 0.6) is 0 Å². The number of hydrogen-bond acceptors (Lipinski definition) is 5. The molecule has 2 unspecified atom stereocenters. The van der Waals surface area contributed by atoms with E-state index in [1.54, 1.807) is 41.3 Å². The van der Waals surface area contributed by atoms with Crippen LogP contribution >= 0.6 is 11.6 Å². The van der Waals surface area contributed by atoms with Crippen LogP contribution in [0.3, 0.4) is 0 Å². The maximum atomic E-state index is 14.9. The van der Waals surface area contributed by atoms with Crippen molar-refractivity contribution in [3.8, 4) is 0 Å². The largest absolute Gasteiger partial charge is 0.394 e. The van der Waals surface area contributed by atoms with E-state index in [2.05, 4.69) is 13.2 Å². The van der Waals surface area contributed by atoms with Gasteiger partial charge in [0.05, 0.1) is 40.8 Å². The second kappa shape index (κ2) is 12.3. The number of fused-ring (bicyclic) bond motifs is 1. The van der Waals surface area contributed by atoms with E-state index in [9.17, 15) is 19.5 Å². The van der Waals surface area contributed by atoms with E-state index in [4.69, 9.17) is 16.3 Å². The fraction of sp³-hybridized carbons (Fsp3) is 0.441. The van der Waals surface area contributed by atoms with E-state index >= 15 is 0 Å². The van der Waals surface area contributed by atoms with Crippen LogP contribution in [0, 0.1) is 11.8 Å². The summed E-state index contributed by atoms with van der Waals surface area (Å²) in [4.78, 5) is 48.6. The Kier molecular flexibility index (Phi) is 8.84. The number of rotatable bonds is 12. The van der Waals surface area contributed by atoms with Crippen LogP contribution in [-0.4, -0.2) is 76.1 Å². The number of benzene rings is 2. The molecule has 0 aliphatic carbocycles. The van der Waals surface area contributed by atoms with Gasteiger partial charge < -0.3 is 24.5 Å². The summed E-state index contributed by atoms with van der Waals surface area (Å²) < 4.78 is 6.85. The lowest BCUT2D eigenvalue weighted by atomic mass is 9.66. The highest BCUT2D eigenvalue weighted by Crippen LogP contribution is 2.64. The molecular weight excluding hydrogens is 566 g/mol. The third-order valence-electron chi connectivity index (χ3n) is 9.28. The number of amides is 3. The normalized spacial score (nSPS) is 28.0. The zero-order valence-corrected chi connectivity index (χ0v) is 25.6. The van der Waals surface area contributed by atoms with Gasteiger partial charge in [-0.1, -0.05) is 73.1 Å². The third kappa shape index (κ3) is 4.99. The van der Waals surface area contributed by atoms with Gasteiger partial charge >= 0.3 is 0 Å². The molecule has 2 aromatic carbocycles. The van der Waals surface area contributed by atoms with E-state index < -0.39 is 47.6 Å². The van der Waals surface area contributed by atoms with Crippen LogP contribution in [0.1, 0.15) is 44.7 Å². The van der Waals surface area contributed by atoms with E-state index in [-0.39, 0.29) is 18.4 Å². The molecule has 1 N–H and O–H groups in total. The summed E-state index contributed by atoms with van der Waals surface area (Å²) in [5.74, 6) is -2.62. The van der Waals surface area contributed by atoms with Gasteiger partial charge in [-0.25, -0.2) is 0 Å². The molecule has 5 rings (SSSR count). The maximum Gasteiger partial charge on any atom is 0.253 e. The molecule has 2 aromatic rings. The highest BCUT2D eigenvalue weighted by molar-refractivity contribution is 6.34. The Morgan fingerprint density at radius 2 is 1.77 bits per heavy atom. The summed E-state index contributed by atoms with van der Waals surface area (Å²) in [7, 11) is 0. The van der Waals surface area contributed by atoms with Crippen LogP contribution in [-0.2, 0) is 19.1 Å². The number of aliphatic hydroxyl groups is 1. The number of ether oxygens (including phenoxy) is 1. The second-order valence-electron chi connectivity index (χ2n) is 11.8. The quantitative estimate of drug-likeness (QED) is 0.352. The highest BCUT2D eigenvalue weighted by Gasteiger charge is 2.79. The minimum atomic E-state index is -1.27. The monoisotopic (exact) mass is 605 g/mol. The fourth-order valence-electron chi connectivity index (χ4n) is 7.55. The minimum Gasteiger partial charge on any atom is -0.394 e. The molecule has 3 amide bonds. The molecule has 0 saturated carbocycles. The Balaban J connectivity index is 1.68.